The molecule has 0 radical (unpaired) electrons. The summed E-state index contributed by atoms with van der Waals surface area (Å²) in [7, 11) is 1.60. The molecule has 0 aromatic heterocycles. The van der Waals surface area contributed by atoms with Gasteiger partial charge in [0.05, 0.1) is 12.8 Å². The first-order chi connectivity index (χ1) is 8.75. The van der Waals surface area contributed by atoms with E-state index in [1.165, 1.54) is 0 Å². The second-order valence-corrected chi connectivity index (χ2v) is 4.66. The van der Waals surface area contributed by atoms with Gasteiger partial charge in [-0.25, -0.2) is 0 Å². The molecular weight excluding hydrogens is 232 g/mol. The summed E-state index contributed by atoms with van der Waals surface area (Å²) in [6.07, 6.45) is 1.38. The number of nitrogens with one attached hydrogen (secondary N) is 2. The highest BCUT2D eigenvalue weighted by atomic mass is 16.5. The summed E-state index contributed by atoms with van der Waals surface area (Å²) in [4.78, 5) is 12.3. The maximum absolute atomic E-state index is 12.3. The summed E-state index contributed by atoms with van der Waals surface area (Å²) in [6, 6.07) is 5.70. The lowest BCUT2D eigenvalue weighted by Crippen LogP contribution is -2.55. The summed E-state index contributed by atoms with van der Waals surface area (Å²) in [5, 5.41) is 6.32. The molecule has 2 heterocycles. The van der Waals surface area contributed by atoms with Crippen LogP contribution in [-0.2, 0) is 9.53 Å². The molecule has 3 rings (SSSR count). The molecule has 0 unspecified atom stereocenters. The Kier molecular flexibility index (Phi) is 2.63. The number of hydrogen-bond acceptors (Lipinski definition) is 4. The number of carbonyl (C=O) groups is 1. The van der Waals surface area contributed by atoms with Crippen molar-refractivity contribution in [2.75, 3.05) is 31.0 Å². The number of fused-ring (bicyclic) bond motifs is 1. The SMILES string of the molecule is COc1cccc2c1NC(=O)C1(CCOCC1)N2. The first kappa shape index (κ1) is 11.3. The lowest BCUT2D eigenvalue weighted by Gasteiger charge is -2.41. The molecule has 18 heavy (non-hydrogen) atoms. The fourth-order valence-electron chi connectivity index (χ4n) is 2.55. The zero-order valence-corrected chi connectivity index (χ0v) is 10.3. The van der Waals surface area contributed by atoms with E-state index in [-0.39, 0.29) is 5.91 Å². The molecule has 1 fully saturated rings. The van der Waals surface area contributed by atoms with Gasteiger partial charge >= 0.3 is 0 Å². The van der Waals surface area contributed by atoms with Crippen molar-refractivity contribution < 1.29 is 14.3 Å². The van der Waals surface area contributed by atoms with Crippen LogP contribution in [0.25, 0.3) is 0 Å². The largest absolute Gasteiger partial charge is 0.494 e. The summed E-state index contributed by atoms with van der Waals surface area (Å²) in [5.74, 6) is 0.679. The maximum atomic E-state index is 12.3. The van der Waals surface area contributed by atoms with Crippen molar-refractivity contribution in [2.24, 2.45) is 0 Å². The van der Waals surface area contributed by atoms with E-state index in [1.807, 2.05) is 18.2 Å². The van der Waals surface area contributed by atoms with Crippen molar-refractivity contribution in [3.8, 4) is 5.75 Å². The van der Waals surface area contributed by atoms with Gasteiger partial charge in [0.1, 0.15) is 17.0 Å². The number of hydrogen-bond donors (Lipinski definition) is 2. The van der Waals surface area contributed by atoms with Crippen molar-refractivity contribution in [3.05, 3.63) is 18.2 Å². The molecule has 0 bridgehead atoms. The van der Waals surface area contributed by atoms with Crippen molar-refractivity contribution >= 4 is 17.3 Å². The molecule has 0 aliphatic carbocycles. The second-order valence-electron chi connectivity index (χ2n) is 4.66. The lowest BCUT2D eigenvalue weighted by atomic mass is 9.86. The number of rotatable bonds is 1. The predicted molar refractivity (Wildman–Crippen MR) is 68.0 cm³/mol. The molecule has 1 amide bonds. The van der Waals surface area contributed by atoms with Crippen LogP contribution in [0.3, 0.4) is 0 Å². The molecule has 2 aliphatic rings. The molecule has 2 aliphatic heterocycles. The molecule has 96 valence electrons. The van der Waals surface area contributed by atoms with Crippen LogP contribution >= 0.6 is 0 Å². The lowest BCUT2D eigenvalue weighted by molar-refractivity contribution is -0.123. The van der Waals surface area contributed by atoms with Crippen LogP contribution in [0.15, 0.2) is 18.2 Å². The van der Waals surface area contributed by atoms with Gasteiger partial charge in [0, 0.05) is 26.1 Å². The van der Waals surface area contributed by atoms with Crippen LogP contribution in [0.4, 0.5) is 11.4 Å². The van der Waals surface area contributed by atoms with Crippen LogP contribution in [0, 0.1) is 0 Å². The van der Waals surface area contributed by atoms with Gasteiger partial charge in [-0.1, -0.05) is 6.07 Å². The van der Waals surface area contributed by atoms with E-state index < -0.39 is 5.54 Å². The number of amides is 1. The molecule has 1 saturated heterocycles. The fraction of sp³-hybridized carbons (Fsp3) is 0.462. The highest BCUT2D eigenvalue weighted by Crippen LogP contribution is 2.40. The van der Waals surface area contributed by atoms with Gasteiger partial charge < -0.3 is 20.1 Å². The minimum atomic E-state index is -0.530. The molecule has 5 nitrogen and oxygen atoms in total. The fourth-order valence-corrected chi connectivity index (χ4v) is 2.55. The maximum Gasteiger partial charge on any atom is 0.250 e. The average Bonchev–Trinajstić information content (AvgIpc) is 2.41. The number of para-hydroxylation sites is 1. The number of anilines is 2. The molecule has 2 N–H and O–H groups in total. The number of methoxy groups -OCH3 is 1. The minimum Gasteiger partial charge on any atom is -0.494 e. The van der Waals surface area contributed by atoms with Crippen LogP contribution in [0.1, 0.15) is 12.8 Å². The second kappa shape index (κ2) is 4.17. The highest BCUT2D eigenvalue weighted by Gasteiger charge is 2.43. The summed E-state index contributed by atoms with van der Waals surface area (Å²) < 4.78 is 10.6. The van der Waals surface area contributed by atoms with Gasteiger partial charge in [-0.15, -0.1) is 0 Å². The van der Waals surface area contributed by atoms with Gasteiger partial charge in [0.2, 0.25) is 5.91 Å². The Bertz CT molecular complexity index is 481. The van der Waals surface area contributed by atoms with E-state index in [0.717, 1.165) is 11.4 Å². The summed E-state index contributed by atoms with van der Waals surface area (Å²) in [6.45, 7) is 1.22. The van der Waals surface area contributed by atoms with Gasteiger partial charge in [-0.05, 0) is 12.1 Å². The third-order valence-electron chi connectivity index (χ3n) is 3.64. The summed E-state index contributed by atoms with van der Waals surface area (Å²) in [5.41, 5.74) is 1.11. The van der Waals surface area contributed by atoms with Crippen LogP contribution in [0.5, 0.6) is 5.75 Å². The normalized spacial score (nSPS) is 20.8. The van der Waals surface area contributed by atoms with Crippen molar-refractivity contribution in [1.29, 1.82) is 0 Å². The number of ether oxygens (including phenoxy) is 2. The first-order valence-corrected chi connectivity index (χ1v) is 6.09. The minimum absolute atomic E-state index is 0.00259. The van der Waals surface area contributed by atoms with Gasteiger partial charge in [-0.2, -0.15) is 0 Å². The van der Waals surface area contributed by atoms with Crippen molar-refractivity contribution in [1.82, 2.24) is 0 Å². The molecule has 1 spiro atoms. The first-order valence-electron chi connectivity index (χ1n) is 6.09. The molecule has 0 atom stereocenters. The Morgan fingerprint density at radius 2 is 2.11 bits per heavy atom. The monoisotopic (exact) mass is 248 g/mol. The molecule has 1 aromatic rings. The van der Waals surface area contributed by atoms with Crippen LogP contribution in [-0.4, -0.2) is 31.8 Å². The van der Waals surface area contributed by atoms with E-state index in [1.54, 1.807) is 7.11 Å². The quantitative estimate of drug-likeness (QED) is 0.792. The molecular formula is C13H16N2O3. The van der Waals surface area contributed by atoms with E-state index in [2.05, 4.69) is 10.6 Å². The third-order valence-corrected chi connectivity index (χ3v) is 3.64. The number of carbonyl (C=O) groups excluding carboxylic acids is 1. The van der Waals surface area contributed by atoms with Gasteiger partial charge in [0.25, 0.3) is 0 Å². The Hall–Kier alpha value is -1.75. The predicted octanol–water partition coefficient (Wildman–Crippen LogP) is 1.61. The molecule has 1 aromatic carbocycles. The van der Waals surface area contributed by atoms with E-state index in [0.29, 0.717) is 31.8 Å². The van der Waals surface area contributed by atoms with Crippen molar-refractivity contribution in [2.45, 2.75) is 18.4 Å². The third kappa shape index (κ3) is 1.62. The van der Waals surface area contributed by atoms with E-state index in [4.69, 9.17) is 9.47 Å². The molecule has 5 heteroatoms. The van der Waals surface area contributed by atoms with E-state index in [9.17, 15) is 4.79 Å². The van der Waals surface area contributed by atoms with Gasteiger partial charge in [0.15, 0.2) is 0 Å². The topological polar surface area (TPSA) is 59.6 Å². The van der Waals surface area contributed by atoms with Crippen LogP contribution < -0.4 is 15.4 Å². The van der Waals surface area contributed by atoms with Gasteiger partial charge in [-0.3, -0.25) is 4.79 Å². The molecule has 0 saturated carbocycles. The zero-order valence-electron chi connectivity index (χ0n) is 10.3. The highest BCUT2D eigenvalue weighted by molar-refractivity contribution is 6.07. The Labute approximate surface area is 105 Å². The Morgan fingerprint density at radius 1 is 1.33 bits per heavy atom. The Balaban J connectivity index is 1.99. The van der Waals surface area contributed by atoms with E-state index >= 15 is 0 Å². The van der Waals surface area contributed by atoms with Crippen molar-refractivity contribution in [3.63, 3.8) is 0 Å². The standard InChI is InChI=1S/C13H16N2O3/c1-17-10-4-2-3-9-11(10)14-12(16)13(15-9)5-7-18-8-6-13/h2-4,15H,5-8H2,1H3,(H,14,16). The summed E-state index contributed by atoms with van der Waals surface area (Å²) >= 11 is 0. The number of benzene rings is 1. The van der Waals surface area contributed by atoms with Crippen LogP contribution in [0.2, 0.25) is 0 Å². The smallest absolute Gasteiger partial charge is 0.250 e. The average molecular weight is 248 g/mol. The zero-order chi connectivity index (χ0) is 12.6. The Morgan fingerprint density at radius 3 is 2.83 bits per heavy atom.